The number of hydrogen-bond acceptors (Lipinski definition) is 3. The van der Waals surface area contributed by atoms with Crippen LogP contribution in [0.2, 0.25) is 0 Å². The lowest BCUT2D eigenvalue weighted by atomic mass is 10.2. The molecule has 5 N–H and O–H groups in total. The molecule has 0 aliphatic heterocycles. The highest BCUT2D eigenvalue weighted by Gasteiger charge is 2.31. The van der Waals surface area contributed by atoms with Gasteiger partial charge in [0.15, 0.2) is 5.96 Å². The van der Waals surface area contributed by atoms with Gasteiger partial charge in [0.1, 0.15) is 0 Å². The second kappa shape index (κ2) is 7.01. The summed E-state index contributed by atoms with van der Waals surface area (Å²) in [5.74, 6) is -0.0747. The molecule has 0 unspecified atom stereocenters. The van der Waals surface area contributed by atoms with E-state index in [1.54, 1.807) is 12.1 Å². The maximum Gasteiger partial charge on any atom is 0.416 e. The van der Waals surface area contributed by atoms with E-state index in [0.29, 0.717) is 6.07 Å². The van der Waals surface area contributed by atoms with E-state index in [4.69, 9.17) is 11.5 Å². The number of halogens is 3. The smallest absolute Gasteiger partial charge is 0.370 e. The highest BCUT2D eigenvalue weighted by Crippen LogP contribution is 2.30. The molecule has 0 aromatic heterocycles. The first-order valence-electron chi connectivity index (χ1n) is 6.92. The molecular weight excluding hydrogens is 357 g/mol. The third-order valence-electron chi connectivity index (χ3n) is 3.12. The van der Waals surface area contributed by atoms with Crippen LogP contribution in [0, 0.1) is 0 Å². The van der Waals surface area contributed by atoms with E-state index in [0.717, 1.165) is 23.8 Å². The molecule has 0 fully saturated rings. The molecule has 0 atom stereocenters. The van der Waals surface area contributed by atoms with Crippen molar-refractivity contribution in [1.29, 1.82) is 0 Å². The number of guanidine groups is 1. The molecule has 0 bridgehead atoms. The number of benzene rings is 2. The number of aliphatic imine (C=N–C) groups is 1. The molecule has 25 heavy (non-hydrogen) atoms. The molecule has 0 heterocycles. The van der Waals surface area contributed by atoms with Gasteiger partial charge in [0.05, 0.1) is 17.0 Å². The molecule has 2 aromatic carbocycles. The normalized spacial score (nSPS) is 11.8. The Balaban J connectivity index is 2.20. The lowest BCUT2D eigenvalue weighted by Gasteiger charge is -2.11. The molecule has 2 aromatic rings. The van der Waals surface area contributed by atoms with Crippen molar-refractivity contribution in [3.8, 4) is 0 Å². The molecule has 0 saturated heterocycles. The van der Waals surface area contributed by atoms with Crippen molar-refractivity contribution < 1.29 is 21.6 Å². The third-order valence-corrected chi connectivity index (χ3v) is 4.50. The topological polar surface area (TPSA) is 111 Å². The minimum absolute atomic E-state index is 0.0747. The van der Waals surface area contributed by atoms with Gasteiger partial charge >= 0.3 is 6.18 Å². The molecule has 0 aliphatic carbocycles. The first-order chi connectivity index (χ1) is 11.6. The molecular formula is C15H15F3N4O2S. The number of nitrogens with two attached hydrogens (primary N) is 2. The standard InChI is InChI=1S/C15H15F3N4O2S/c16-15(17,18)11-2-1-3-13(8-11)25(23,24)22-12-6-4-10(5-7-12)9-21-14(19)20/h1-8,22H,9H2,(H4,19,20,21). The molecule has 0 spiro atoms. The van der Waals surface area contributed by atoms with Gasteiger partial charge in [0.2, 0.25) is 0 Å². The van der Waals surface area contributed by atoms with Gasteiger partial charge in [-0.05, 0) is 35.9 Å². The Kier molecular flexibility index (Phi) is 5.21. The predicted molar refractivity (Wildman–Crippen MR) is 88.2 cm³/mol. The van der Waals surface area contributed by atoms with Crippen molar-refractivity contribution in [3.63, 3.8) is 0 Å². The number of sulfonamides is 1. The first kappa shape index (κ1) is 18.6. The number of nitrogens with zero attached hydrogens (tertiary/aromatic N) is 1. The van der Waals surface area contributed by atoms with Gasteiger partial charge in [-0.2, -0.15) is 13.2 Å². The lowest BCUT2D eigenvalue weighted by Crippen LogP contribution is -2.22. The summed E-state index contributed by atoms with van der Waals surface area (Å²) in [4.78, 5) is 3.33. The van der Waals surface area contributed by atoms with Gasteiger partial charge in [-0.25, -0.2) is 13.4 Å². The van der Waals surface area contributed by atoms with Crippen LogP contribution in [0.25, 0.3) is 0 Å². The van der Waals surface area contributed by atoms with E-state index in [1.165, 1.54) is 12.1 Å². The van der Waals surface area contributed by atoms with Crippen LogP contribution < -0.4 is 16.2 Å². The van der Waals surface area contributed by atoms with Crippen molar-refractivity contribution in [2.45, 2.75) is 17.6 Å². The highest BCUT2D eigenvalue weighted by atomic mass is 32.2. The Labute approximate surface area is 142 Å². The SMILES string of the molecule is NC(N)=NCc1ccc(NS(=O)(=O)c2cccc(C(F)(F)F)c2)cc1. The predicted octanol–water partition coefficient (Wildman–Crippen LogP) is 2.28. The summed E-state index contributed by atoms with van der Waals surface area (Å²) in [6, 6.07) is 9.62. The molecule has 0 radical (unpaired) electrons. The van der Waals surface area contributed by atoms with E-state index in [1.807, 2.05) is 0 Å². The van der Waals surface area contributed by atoms with E-state index in [-0.39, 0.29) is 18.2 Å². The Morgan fingerprint density at radius 1 is 1.08 bits per heavy atom. The summed E-state index contributed by atoms with van der Waals surface area (Å²) in [5, 5.41) is 0. The molecule has 0 amide bonds. The fraction of sp³-hybridized carbons (Fsp3) is 0.133. The zero-order valence-electron chi connectivity index (χ0n) is 12.8. The van der Waals surface area contributed by atoms with Crippen LogP contribution in [-0.2, 0) is 22.7 Å². The maximum absolute atomic E-state index is 12.7. The Morgan fingerprint density at radius 3 is 2.28 bits per heavy atom. The quantitative estimate of drug-likeness (QED) is 0.552. The van der Waals surface area contributed by atoms with Crippen molar-refractivity contribution in [2.24, 2.45) is 16.5 Å². The number of hydrogen-bond donors (Lipinski definition) is 3. The average molecular weight is 372 g/mol. The summed E-state index contributed by atoms with van der Waals surface area (Å²) < 4.78 is 64.9. The molecule has 6 nitrogen and oxygen atoms in total. The van der Waals surface area contributed by atoms with Crippen LogP contribution >= 0.6 is 0 Å². The summed E-state index contributed by atoms with van der Waals surface area (Å²) in [6.45, 7) is 0.225. The molecule has 134 valence electrons. The van der Waals surface area contributed by atoms with Gasteiger partial charge in [-0.15, -0.1) is 0 Å². The number of rotatable bonds is 5. The molecule has 0 saturated carbocycles. The highest BCUT2D eigenvalue weighted by molar-refractivity contribution is 7.92. The van der Waals surface area contributed by atoms with Crippen molar-refractivity contribution in [2.75, 3.05) is 4.72 Å². The Bertz CT molecular complexity index is 874. The van der Waals surface area contributed by atoms with Crippen LogP contribution in [0.5, 0.6) is 0 Å². The van der Waals surface area contributed by atoms with Gasteiger partial charge in [0.25, 0.3) is 10.0 Å². The van der Waals surface area contributed by atoms with Crippen LogP contribution in [0.4, 0.5) is 18.9 Å². The number of alkyl halides is 3. The zero-order valence-corrected chi connectivity index (χ0v) is 13.6. The molecule has 10 heteroatoms. The number of nitrogens with one attached hydrogen (secondary N) is 1. The third kappa shape index (κ3) is 5.11. The number of anilines is 1. The molecule has 2 rings (SSSR count). The van der Waals surface area contributed by atoms with Crippen LogP contribution in [0.3, 0.4) is 0 Å². The first-order valence-corrected chi connectivity index (χ1v) is 8.41. The minimum atomic E-state index is -4.63. The van der Waals surface area contributed by atoms with Crippen LogP contribution in [0.15, 0.2) is 58.4 Å². The van der Waals surface area contributed by atoms with Gasteiger partial charge < -0.3 is 11.5 Å². The van der Waals surface area contributed by atoms with Crippen molar-refractivity contribution in [1.82, 2.24) is 0 Å². The van der Waals surface area contributed by atoms with Gasteiger partial charge in [-0.1, -0.05) is 18.2 Å². The second-order valence-electron chi connectivity index (χ2n) is 5.07. The van der Waals surface area contributed by atoms with Crippen molar-refractivity contribution in [3.05, 3.63) is 59.7 Å². The van der Waals surface area contributed by atoms with Gasteiger partial charge in [0, 0.05) is 5.69 Å². The second-order valence-corrected chi connectivity index (χ2v) is 6.75. The lowest BCUT2D eigenvalue weighted by molar-refractivity contribution is -0.137. The van der Waals surface area contributed by atoms with E-state index < -0.39 is 26.7 Å². The minimum Gasteiger partial charge on any atom is -0.370 e. The average Bonchev–Trinajstić information content (AvgIpc) is 2.53. The largest absolute Gasteiger partial charge is 0.416 e. The van der Waals surface area contributed by atoms with Crippen molar-refractivity contribution >= 4 is 21.7 Å². The zero-order chi connectivity index (χ0) is 18.7. The maximum atomic E-state index is 12.7. The summed E-state index contributed by atoms with van der Waals surface area (Å²) in [5.41, 5.74) is 10.3. The van der Waals surface area contributed by atoms with E-state index >= 15 is 0 Å². The molecule has 0 aliphatic rings. The fourth-order valence-electron chi connectivity index (χ4n) is 1.91. The van der Waals surface area contributed by atoms with E-state index in [2.05, 4.69) is 9.71 Å². The summed E-state index contributed by atoms with van der Waals surface area (Å²) in [6.07, 6.45) is -4.63. The van der Waals surface area contributed by atoms with E-state index in [9.17, 15) is 21.6 Å². The summed E-state index contributed by atoms with van der Waals surface area (Å²) in [7, 11) is -4.15. The monoisotopic (exact) mass is 372 g/mol. The van der Waals surface area contributed by atoms with Crippen LogP contribution in [-0.4, -0.2) is 14.4 Å². The van der Waals surface area contributed by atoms with Gasteiger partial charge in [-0.3, -0.25) is 4.72 Å². The van der Waals surface area contributed by atoms with Crippen LogP contribution in [0.1, 0.15) is 11.1 Å². The summed E-state index contributed by atoms with van der Waals surface area (Å²) >= 11 is 0. The Morgan fingerprint density at radius 2 is 1.72 bits per heavy atom. The Hall–Kier alpha value is -2.75. The fourth-order valence-corrected chi connectivity index (χ4v) is 3.02.